The van der Waals surface area contributed by atoms with Crippen molar-refractivity contribution in [2.45, 2.75) is 6.54 Å². The fourth-order valence-corrected chi connectivity index (χ4v) is 2.16. The predicted molar refractivity (Wildman–Crippen MR) is 86.9 cm³/mol. The first-order valence-corrected chi connectivity index (χ1v) is 6.92. The molecule has 0 unspecified atom stereocenters. The zero-order valence-corrected chi connectivity index (χ0v) is 13.1. The van der Waals surface area contributed by atoms with Crippen LogP contribution in [0.15, 0.2) is 36.4 Å². The first-order valence-electron chi connectivity index (χ1n) is 6.92. The number of hydrogen-bond acceptors (Lipinski definition) is 6. The van der Waals surface area contributed by atoms with Crippen molar-refractivity contribution in [1.82, 2.24) is 0 Å². The van der Waals surface area contributed by atoms with E-state index in [4.69, 9.17) is 9.47 Å². The molecule has 0 radical (unpaired) electrons. The minimum absolute atomic E-state index is 0.00646. The smallest absolute Gasteiger partial charge is 0.341 e. The molecule has 0 amide bonds. The third-order valence-electron chi connectivity index (χ3n) is 3.38. The highest BCUT2D eigenvalue weighted by Crippen LogP contribution is 2.32. The number of rotatable bonds is 7. The van der Waals surface area contributed by atoms with Crippen molar-refractivity contribution in [1.29, 1.82) is 0 Å². The number of carbonyl (C=O) groups is 1. The van der Waals surface area contributed by atoms with Gasteiger partial charge in [0.05, 0.1) is 24.8 Å². The fraction of sp³-hybridized carbons (Fsp3) is 0.188. The van der Waals surface area contributed by atoms with Gasteiger partial charge in [-0.3, -0.25) is 10.1 Å². The number of carboxylic acids is 1. The van der Waals surface area contributed by atoms with Crippen LogP contribution in [-0.2, 0) is 6.54 Å². The normalized spacial score (nSPS) is 10.1. The third kappa shape index (κ3) is 3.72. The molecule has 0 bridgehead atoms. The quantitative estimate of drug-likeness (QED) is 0.592. The zero-order chi connectivity index (χ0) is 17.7. The van der Waals surface area contributed by atoms with E-state index in [1.54, 1.807) is 18.2 Å². The number of nitro groups is 1. The summed E-state index contributed by atoms with van der Waals surface area (Å²) in [5.74, 6) is -0.517. The number of nitrogens with zero attached hydrogens (tertiary/aromatic N) is 1. The van der Waals surface area contributed by atoms with Crippen molar-refractivity contribution in [3.63, 3.8) is 0 Å². The molecular weight excluding hydrogens is 316 g/mol. The van der Waals surface area contributed by atoms with Crippen LogP contribution in [0, 0.1) is 10.1 Å². The van der Waals surface area contributed by atoms with Crippen LogP contribution in [0.4, 0.5) is 11.4 Å². The van der Waals surface area contributed by atoms with Gasteiger partial charge in [0, 0.05) is 30.8 Å². The first kappa shape index (κ1) is 17.1. The number of benzene rings is 2. The van der Waals surface area contributed by atoms with Gasteiger partial charge in [-0.2, -0.15) is 0 Å². The molecule has 0 atom stereocenters. The summed E-state index contributed by atoms with van der Waals surface area (Å²) in [6, 6.07) is 9.02. The molecule has 2 aromatic rings. The van der Waals surface area contributed by atoms with Crippen molar-refractivity contribution in [3.8, 4) is 11.5 Å². The minimum Gasteiger partial charge on any atom is -0.497 e. The van der Waals surface area contributed by atoms with Crippen LogP contribution in [-0.4, -0.2) is 30.2 Å². The second-order valence-electron chi connectivity index (χ2n) is 4.83. The first-order chi connectivity index (χ1) is 11.5. The molecule has 0 aliphatic carbocycles. The Hall–Kier alpha value is -3.29. The SMILES string of the molecule is COc1cc(NCc2ccc([N+](=O)[O-])cc2)c(C(=O)O)c(OC)c1. The Kier molecular flexibility index (Phi) is 5.20. The molecule has 0 fully saturated rings. The average molecular weight is 332 g/mol. The number of non-ortho nitro benzene ring substituents is 1. The van der Waals surface area contributed by atoms with Crippen LogP contribution in [0.1, 0.15) is 15.9 Å². The Labute approximate surface area is 137 Å². The minimum atomic E-state index is -1.14. The highest BCUT2D eigenvalue weighted by molar-refractivity contribution is 5.98. The summed E-state index contributed by atoms with van der Waals surface area (Å²) in [6.45, 7) is 0.286. The molecular formula is C16H16N2O6. The molecule has 0 heterocycles. The second-order valence-corrected chi connectivity index (χ2v) is 4.83. The monoisotopic (exact) mass is 332 g/mol. The summed E-state index contributed by atoms with van der Waals surface area (Å²) in [5.41, 5.74) is 1.07. The van der Waals surface area contributed by atoms with Gasteiger partial charge in [-0.25, -0.2) is 4.79 Å². The van der Waals surface area contributed by atoms with Gasteiger partial charge in [-0.15, -0.1) is 0 Å². The summed E-state index contributed by atoms with van der Waals surface area (Å²) >= 11 is 0. The van der Waals surface area contributed by atoms with Crippen LogP contribution < -0.4 is 14.8 Å². The summed E-state index contributed by atoms with van der Waals surface area (Å²) in [6.07, 6.45) is 0. The number of carboxylic acid groups (broad SMARTS) is 1. The number of ether oxygens (including phenoxy) is 2. The van der Waals surface area contributed by atoms with Gasteiger partial charge in [-0.05, 0) is 5.56 Å². The van der Waals surface area contributed by atoms with E-state index in [0.717, 1.165) is 5.56 Å². The maximum absolute atomic E-state index is 11.5. The summed E-state index contributed by atoms with van der Waals surface area (Å²) < 4.78 is 10.2. The largest absolute Gasteiger partial charge is 0.497 e. The van der Waals surface area contributed by atoms with E-state index in [1.165, 1.54) is 32.4 Å². The lowest BCUT2D eigenvalue weighted by atomic mass is 10.1. The maximum Gasteiger partial charge on any atom is 0.341 e. The van der Waals surface area contributed by atoms with E-state index >= 15 is 0 Å². The number of anilines is 1. The molecule has 0 spiro atoms. The van der Waals surface area contributed by atoms with E-state index in [2.05, 4.69) is 5.32 Å². The van der Waals surface area contributed by atoms with Crippen LogP contribution >= 0.6 is 0 Å². The lowest BCUT2D eigenvalue weighted by Crippen LogP contribution is -2.09. The van der Waals surface area contributed by atoms with Crippen molar-refractivity contribution in [2.75, 3.05) is 19.5 Å². The predicted octanol–water partition coefficient (Wildman–Crippen LogP) is 2.92. The molecule has 8 heteroatoms. The highest BCUT2D eigenvalue weighted by atomic mass is 16.6. The van der Waals surface area contributed by atoms with Gasteiger partial charge in [-0.1, -0.05) is 12.1 Å². The van der Waals surface area contributed by atoms with Crippen molar-refractivity contribution in [2.24, 2.45) is 0 Å². The van der Waals surface area contributed by atoms with Gasteiger partial charge in [0.25, 0.3) is 5.69 Å². The van der Waals surface area contributed by atoms with Gasteiger partial charge < -0.3 is 19.9 Å². The van der Waals surface area contributed by atoms with Crippen molar-refractivity contribution >= 4 is 17.3 Å². The van der Waals surface area contributed by atoms with Crippen molar-refractivity contribution in [3.05, 3.63) is 57.6 Å². The molecule has 2 rings (SSSR count). The lowest BCUT2D eigenvalue weighted by Gasteiger charge is -2.15. The number of methoxy groups -OCH3 is 2. The van der Waals surface area contributed by atoms with Gasteiger partial charge in [0.15, 0.2) is 0 Å². The van der Waals surface area contributed by atoms with Crippen molar-refractivity contribution < 1.29 is 24.3 Å². The summed E-state index contributed by atoms with van der Waals surface area (Å²) in [5, 5.41) is 23.0. The van der Waals surface area contributed by atoms with E-state index in [0.29, 0.717) is 11.4 Å². The Bertz CT molecular complexity index is 758. The number of hydrogen-bond donors (Lipinski definition) is 2. The van der Waals surface area contributed by atoms with Crippen LogP contribution in [0.25, 0.3) is 0 Å². The van der Waals surface area contributed by atoms with Gasteiger partial charge >= 0.3 is 5.97 Å². The zero-order valence-electron chi connectivity index (χ0n) is 13.1. The fourth-order valence-electron chi connectivity index (χ4n) is 2.16. The molecule has 0 saturated carbocycles. The van der Waals surface area contributed by atoms with E-state index in [9.17, 15) is 20.0 Å². The molecule has 0 saturated heterocycles. The summed E-state index contributed by atoms with van der Waals surface area (Å²) in [4.78, 5) is 21.7. The highest BCUT2D eigenvalue weighted by Gasteiger charge is 2.18. The molecule has 2 N–H and O–H groups in total. The van der Waals surface area contributed by atoms with Crippen LogP contribution in [0.3, 0.4) is 0 Å². The third-order valence-corrected chi connectivity index (χ3v) is 3.38. The number of nitro benzene ring substituents is 1. The Balaban J connectivity index is 2.27. The average Bonchev–Trinajstić information content (AvgIpc) is 2.58. The molecule has 0 aliphatic heterocycles. The number of aromatic carboxylic acids is 1. The van der Waals surface area contributed by atoms with Crippen LogP contribution in [0.5, 0.6) is 11.5 Å². The standard InChI is InChI=1S/C16H16N2O6/c1-23-12-7-13(15(16(19)20)14(8-12)24-2)17-9-10-3-5-11(6-4-10)18(21)22/h3-8,17H,9H2,1-2H3,(H,19,20). The Morgan fingerprint density at radius 3 is 2.38 bits per heavy atom. The second kappa shape index (κ2) is 7.32. The number of nitrogens with one attached hydrogen (secondary N) is 1. The van der Waals surface area contributed by atoms with E-state index in [-0.39, 0.29) is 23.5 Å². The molecule has 0 aromatic heterocycles. The van der Waals surface area contributed by atoms with Crippen LogP contribution in [0.2, 0.25) is 0 Å². The maximum atomic E-state index is 11.5. The van der Waals surface area contributed by atoms with Gasteiger partial charge in [0.2, 0.25) is 0 Å². The molecule has 8 nitrogen and oxygen atoms in total. The molecule has 2 aromatic carbocycles. The van der Waals surface area contributed by atoms with Gasteiger partial charge in [0.1, 0.15) is 17.1 Å². The Morgan fingerprint density at radius 2 is 1.88 bits per heavy atom. The topological polar surface area (TPSA) is 111 Å². The molecule has 24 heavy (non-hydrogen) atoms. The lowest BCUT2D eigenvalue weighted by molar-refractivity contribution is -0.384. The van der Waals surface area contributed by atoms with E-state index in [1.807, 2.05) is 0 Å². The van der Waals surface area contributed by atoms with E-state index < -0.39 is 10.9 Å². The summed E-state index contributed by atoms with van der Waals surface area (Å²) in [7, 11) is 2.84. The Morgan fingerprint density at radius 1 is 1.21 bits per heavy atom. The molecule has 126 valence electrons. The molecule has 0 aliphatic rings.